The van der Waals surface area contributed by atoms with E-state index >= 15 is 0 Å². The molecule has 1 atom stereocenters. The second-order valence-corrected chi connectivity index (χ2v) is 6.61. The smallest absolute Gasteiger partial charge is 0.193 e. The Kier molecular flexibility index (Phi) is 8.31. The fourth-order valence-electron chi connectivity index (χ4n) is 2.57. The van der Waals surface area contributed by atoms with Gasteiger partial charge in [-0.25, -0.2) is 0 Å². The maximum Gasteiger partial charge on any atom is 0.193 e. The van der Waals surface area contributed by atoms with Gasteiger partial charge in [0, 0.05) is 31.7 Å². The zero-order chi connectivity index (χ0) is 18.1. The molecule has 0 aliphatic carbocycles. The number of hydrogen-bond acceptors (Lipinski definition) is 4. The highest BCUT2D eigenvalue weighted by Crippen LogP contribution is 2.15. The van der Waals surface area contributed by atoms with Crippen LogP contribution in [-0.2, 0) is 4.74 Å². The fraction of sp³-hybridized carbons (Fsp3) is 0.611. The molecule has 0 bridgehead atoms. The van der Waals surface area contributed by atoms with Crippen LogP contribution in [0.1, 0.15) is 6.92 Å². The maximum atomic E-state index is 5.88. The molecule has 1 unspecified atom stereocenters. The zero-order valence-corrected chi connectivity index (χ0v) is 16.1. The standard InChI is InChI=1S/C18H29ClN4O2/c1-4-20-18(21-13-17-14-22(2)9-11-25-17)23(3)10-12-24-16-7-5-15(19)6-8-16/h5-8,17H,4,9-14H2,1-3H3,(H,20,21). The second-order valence-electron chi connectivity index (χ2n) is 6.17. The van der Waals surface area contributed by atoms with Gasteiger partial charge in [-0.05, 0) is 38.2 Å². The predicted molar refractivity (Wildman–Crippen MR) is 103 cm³/mol. The van der Waals surface area contributed by atoms with Crippen molar-refractivity contribution in [3.05, 3.63) is 29.3 Å². The van der Waals surface area contributed by atoms with Gasteiger partial charge in [-0.1, -0.05) is 11.6 Å². The Bertz CT molecular complexity index is 538. The average Bonchev–Trinajstić information content (AvgIpc) is 2.60. The summed E-state index contributed by atoms with van der Waals surface area (Å²) in [6.07, 6.45) is 0.158. The number of benzene rings is 1. The van der Waals surface area contributed by atoms with Crippen molar-refractivity contribution in [2.24, 2.45) is 4.99 Å². The fourth-order valence-corrected chi connectivity index (χ4v) is 2.70. The summed E-state index contributed by atoms with van der Waals surface area (Å²) in [5.41, 5.74) is 0. The van der Waals surface area contributed by atoms with E-state index in [4.69, 9.17) is 26.1 Å². The molecule has 0 aromatic heterocycles. The molecule has 0 spiro atoms. The first-order valence-corrected chi connectivity index (χ1v) is 9.14. The summed E-state index contributed by atoms with van der Waals surface area (Å²) in [5, 5.41) is 4.03. The number of halogens is 1. The van der Waals surface area contributed by atoms with E-state index in [-0.39, 0.29) is 6.10 Å². The largest absolute Gasteiger partial charge is 0.492 e. The van der Waals surface area contributed by atoms with Crippen LogP contribution in [-0.4, -0.2) is 81.9 Å². The van der Waals surface area contributed by atoms with Crippen LogP contribution in [0.3, 0.4) is 0 Å². The Hall–Kier alpha value is -1.50. The number of nitrogens with zero attached hydrogens (tertiary/aromatic N) is 3. The summed E-state index contributed by atoms with van der Waals surface area (Å²) >= 11 is 5.88. The van der Waals surface area contributed by atoms with E-state index in [9.17, 15) is 0 Å². The summed E-state index contributed by atoms with van der Waals surface area (Å²) in [6.45, 7) is 7.55. The Labute approximate surface area is 155 Å². The van der Waals surface area contributed by atoms with Crippen molar-refractivity contribution in [2.45, 2.75) is 13.0 Å². The van der Waals surface area contributed by atoms with Crippen molar-refractivity contribution >= 4 is 17.6 Å². The topological polar surface area (TPSA) is 49.3 Å². The van der Waals surface area contributed by atoms with Crippen LogP contribution in [0.2, 0.25) is 5.02 Å². The molecular weight excluding hydrogens is 340 g/mol. The van der Waals surface area contributed by atoms with Crippen LogP contribution in [0.5, 0.6) is 5.75 Å². The summed E-state index contributed by atoms with van der Waals surface area (Å²) < 4.78 is 11.5. The number of guanidine groups is 1. The Balaban J connectivity index is 1.80. The lowest BCUT2D eigenvalue weighted by Crippen LogP contribution is -2.44. The molecule has 1 aliphatic rings. The molecule has 0 radical (unpaired) electrons. The SMILES string of the molecule is CCNC(=NCC1CN(C)CCO1)N(C)CCOc1ccc(Cl)cc1. The Morgan fingerprint density at radius 3 is 2.88 bits per heavy atom. The molecule has 1 heterocycles. The Morgan fingerprint density at radius 1 is 1.44 bits per heavy atom. The third kappa shape index (κ3) is 7.10. The van der Waals surface area contributed by atoms with E-state index in [2.05, 4.69) is 29.1 Å². The van der Waals surface area contributed by atoms with Crippen LogP contribution < -0.4 is 10.1 Å². The van der Waals surface area contributed by atoms with E-state index in [0.717, 1.165) is 44.5 Å². The third-order valence-corrected chi connectivity index (χ3v) is 4.24. The average molecular weight is 369 g/mol. The quantitative estimate of drug-likeness (QED) is 0.589. The molecular formula is C18H29ClN4O2. The van der Waals surface area contributed by atoms with Gasteiger partial charge in [0.05, 0.1) is 25.8 Å². The minimum absolute atomic E-state index is 0.158. The lowest BCUT2D eigenvalue weighted by Gasteiger charge is -2.29. The van der Waals surface area contributed by atoms with E-state index in [0.29, 0.717) is 18.2 Å². The van der Waals surface area contributed by atoms with Crippen LogP contribution in [0, 0.1) is 0 Å². The highest BCUT2D eigenvalue weighted by molar-refractivity contribution is 6.30. The first kappa shape index (κ1) is 19.8. The lowest BCUT2D eigenvalue weighted by molar-refractivity contribution is -0.0137. The van der Waals surface area contributed by atoms with Gasteiger partial charge in [-0.15, -0.1) is 0 Å². The van der Waals surface area contributed by atoms with Gasteiger partial charge < -0.3 is 24.6 Å². The molecule has 1 saturated heterocycles. The van der Waals surface area contributed by atoms with Crippen molar-refractivity contribution in [3.63, 3.8) is 0 Å². The molecule has 1 aliphatic heterocycles. The number of morpholine rings is 1. The molecule has 140 valence electrons. The molecule has 0 saturated carbocycles. The minimum Gasteiger partial charge on any atom is -0.492 e. The highest BCUT2D eigenvalue weighted by Gasteiger charge is 2.17. The molecule has 1 aromatic carbocycles. The molecule has 1 aromatic rings. The van der Waals surface area contributed by atoms with Gasteiger partial charge >= 0.3 is 0 Å². The number of ether oxygens (including phenoxy) is 2. The van der Waals surface area contributed by atoms with Crippen molar-refractivity contribution in [1.29, 1.82) is 0 Å². The molecule has 1 fully saturated rings. The van der Waals surface area contributed by atoms with Gasteiger partial charge in [-0.2, -0.15) is 0 Å². The number of aliphatic imine (C=N–C) groups is 1. The van der Waals surface area contributed by atoms with Crippen molar-refractivity contribution in [2.75, 3.05) is 60.0 Å². The van der Waals surface area contributed by atoms with Crippen LogP contribution in [0.4, 0.5) is 0 Å². The van der Waals surface area contributed by atoms with Crippen molar-refractivity contribution < 1.29 is 9.47 Å². The van der Waals surface area contributed by atoms with Crippen LogP contribution in [0.15, 0.2) is 29.3 Å². The summed E-state index contributed by atoms with van der Waals surface area (Å²) in [5.74, 6) is 1.69. The number of hydrogen-bond donors (Lipinski definition) is 1. The van der Waals surface area contributed by atoms with Gasteiger partial charge in [-0.3, -0.25) is 4.99 Å². The monoisotopic (exact) mass is 368 g/mol. The van der Waals surface area contributed by atoms with E-state index in [1.165, 1.54) is 0 Å². The van der Waals surface area contributed by atoms with Crippen molar-refractivity contribution in [3.8, 4) is 5.75 Å². The molecule has 25 heavy (non-hydrogen) atoms. The van der Waals surface area contributed by atoms with Crippen LogP contribution >= 0.6 is 11.6 Å². The number of nitrogens with one attached hydrogen (secondary N) is 1. The normalized spacial score (nSPS) is 18.9. The second kappa shape index (κ2) is 10.5. The zero-order valence-electron chi connectivity index (χ0n) is 15.4. The highest BCUT2D eigenvalue weighted by atomic mass is 35.5. The Morgan fingerprint density at radius 2 is 2.20 bits per heavy atom. The van der Waals surface area contributed by atoms with Gasteiger partial charge in [0.15, 0.2) is 5.96 Å². The molecule has 1 N–H and O–H groups in total. The summed E-state index contributed by atoms with van der Waals surface area (Å²) in [6, 6.07) is 7.40. The van der Waals surface area contributed by atoms with Gasteiger partial charge in [0.2, 0.25) is 0 Å². The summed E-state index contributed by atoms with van der Waals surface area (Å²) in [4.78, 5) is 9.07. The number of rotatable bonds is 7. The maximum absolute atomic E-state index is 5.88. The minimum atomic E-state index is 0.158. The summed E-state index contributed by atoms with van der Waals surface area (Å²) in [7, 11) is 4.13. The van der Waals surface area contributed by atoms with Crippen molar-refractivity contribution in [1.82, 2.24) is 15.1 Å². The van der Waals surface area contributed by atoms with Gasteiger partial charge in [0.1, 0.15) is 12.4 Å². The molecule has 2 rings (SSSR count). The third-order valence-electron chi connectivity index (χ3n) is 3.99. The molecule has 0 amide bonds. The predicted octanol–water partition coefficient (Wildman–Crippen LogP) is 1.95. The first-order chi connectivity index (χ1) is 12.1. The van der Waals surface area contributed by atoms with Gasteiger partial charge in [0.25, 0.3) is 0 Å². The van der Waals surface area contributed by atoms with E-state index in [1.54, 1.807) is 0 Å². The van der Waals surface area contributed by atoms with Crippen LogP contribution in [0.25, 0.3) is 0 Å². The van der Waals surface area contributed by atoms with E-state index in [1.807, 2.05) is 31.3 Å². The van der Waals surface area contributed by atoms with E-state index < -0.39 is 0 Å². The first-order valence-electron chi connectivity index (χ1n) is 8.76. The molecule has 7 heteroatoms. The molecule has 6 nitrogen and oxygen atoms in total. The number of likely N-dealkylation sites (N-methyl/N-ethyl adjacent to an activating group) is 2. The lowest BCUT2D eigenvalue weighted by atomic mass is 10.3.